The summed E-state index contributed by atoms with van der Waals surface area (Å²) >= 11 is 0. The molecule has 3 heteroatoms. The first kappa shape index (κ1) is 12.0. The second kappa shape index (κ2) is 6.40. The fraction of sp³-hybridized carbons (Fsp3) is 0.583. The third-order valence-corrected chi connectivity index (χ3v) is 2.46. The normalized spacial score (nSPS) is 10.3. The summed E-state index contributed by atoms with van der Waals surface area (Å²) < 4.78 is 0. The number of hydrogen-bond donors (Lipinski definition) is 1. The molecule has 1 rings (SSSR count). The fourth-order valence-corrected chi connectivity index (χ4v) is 1.77. The van der Waals surface area contributed by atoms with Crippen LogP contribution in [0.2, 0.25) is 0 Å². The van der Waals surface area contributed by atoms with Gasteiger partial charge in [0, 0.05) is 43.3 Å². The van der Waals surface area contributed by atoms with Crippen LogP contribution in [0.1, 0.15) is 25.8 Å². The molecule has 0 unspecified atom stereocenters. The van der Waals surface area contributed by atoms with Gasteiger partial charge in [0.15, 0.2) is 0 Å². The highest BCUT2D eigenvalue weighted by Gasteiger charge is 2.07. The summed E-state index contributed by atoms with van der Waals surface area (Å²) in [6.07, 6.45) is 4.99. The van der Waals surface area contributed by atoms with E-state index in [0.29, 0.717) is 0 Å². The Labute approximate surface area is 92.5 Å². The van der Waals surface area contributed by atoms with Gasteiger partial charge in [-0.1, -0.05) is 6.92 Å². The van der Waals surface area contributed by atoms with Crippen molar-refractivity contribution in [3.63, 3.8) is 0 Å². The molecule has 0 radical (unpaired) electrons. The van der Waals surface area contributed by atoms with Crippen LogP contribution in [0.4, 0.5) is 5.69 Å². The summed E-state index contributed by atoms with van der Waals surface area (Å²) in [5.74, 6) is 0. The van der Waals surface area contributed by atoms with Crippen molar-refractivity contribution in [1.29, 1.82) is 0 Å². The summed E-state index contributed by atoms with van der Waals surface area (Å²) in [5, 5.41) is 3.18. The van der Waals surface area contributed by atoms with Crippen molar-refractivity contribution in [2.45, 2.75) is 26.8 Å². The Balaban J connectivity index is 2.88. The van der Waals surface area contributed by atoms with Gasteiger partial charge in [-0.25, -0.2) is 0 Å². The molecule has 1 heterocycles. The third-order valence-electron chi connectivity index (χ3n) is 2.46. The average molecular weight is 207 g/mol. The highest BCUT2D eigenvalue weighted by molar-refractivity contribution is 5.52. The molecule has 1 N–H and O–H groups in total. The second-order valence-corrected chi connectivity index (χ2v) is 3.61. The lowest BCUT2D eigenvalue weighted by Crippen LogP contribution is -2.25. The van der Waals surface area contributed by atoms with Gasteiger partial charge in [0.2, 0.25) is 0 Å². The molecular formula is C12H21N3. The van der Waals surface area contributed by atoms with Crippen LogP contribution in [0.15, 0.2) is 18.5 Å². The van der Waals surface area contributed by atoms with Crippen LogP contribution in [0.3, 0.4) is 0 Å². The van der Waals surface area contributed by atoms with Crippen LogP contribution < -0.4 is 10.2 Å². The van der Waals surface area contributed by atoms with E-state index in [2.05, 4.69) is 35.1 Å². The first-order valence-electron chi connectivity index (χ1n) is 5.65. The van der Waals surface area contributed by atoms with Crippen LogP contribution >= 0.6 is 0 Å². The van der Waals surface area contributed by atoms with Gasteiger partial charge < -0.3 is 10.2 Å². The Morgan fingerprint density at radius 2 is 2.20 bits per heavy atom. The van der Waals surface area contributed by atoms with Gasteiger partial charge in [-0.2, -0.15) is 0 Å². The van der Waals surface area contributed by atoms with E-state index in [1.165, 1.54) is 17.7 Å². The minimum absolute atomic E-state index is 0.878. The Morgan fingerprint density at radius 3 is 2.80 bits per heavy atom. The minimum atomic E-state index is 0.878. The van der Waals surface area contributed by atoms with Crippen molar-refractivity contribution in [2.75, 3.05) is 25.0 Å². The van der Waals surface area contributed by atoms with E-state index in [-0.39, 0.29) is 0 Å². The zero-order chi connectivity index (χ0) is 11.1. The predicted molar refractivity (Wildman–Crippen MR) is 65.2 cm³/mol. The molecule has 0 saturated heterocycles. The van der Waals surface area contributed by atoms with E-state index < -0.39 is 0 Å². The summed E-state index contributed by atoms with van der Waals surface area (Å²) in [7, 11) is 1.97. The maximum atomic E-state index is 4.17. The van der Waals surface area contributed by atoms with Crippen LogP contribution in [0.25, 0.3) is 0 Å². The summed E-state index contributed by atoms with van der Waals surface area (Å²) in [4.78, 5) is 6.57. The number of pyridine rings is 1. The molecular weight excluding hydrogens is 186 g/mol. The highest BCUT2D eigenvalue weighted by Crippen LogP contribution is 2.19. The van der Waals surface area contributed by atoms with Gasteiger partial charge in [-0.05, 0) is 26.5 Å². The van der Waals surface area contributed by atoms with E-state index >= 15 is 0 Å². The Morgan fingerprint density at radius 1 is 1.40 bits per heavy atom. The molecule has 1 aromatic rings. The molecule has 15 heavy (non-hydrogen) atoms. The van der Waals surface area contributed by atoms with Gasteiger partial charge in [0.1, 0.15) is 0 Å². The quantitative estimate of drug-likeness (QED) is 0.773. The number of nitrogens with one attached hydrogen (secondary N) is 1. The van der Waals surface area contributed by atoms with E-state index in [1.54, 1.807) is 0 Å². The van der Waals surface area contributed by atoms with Crippen molar-refractivity contribution in [1.82, 2.24) is 10.3 Å². The smallest absolute Gasteiger partial charge is 0.0442 e. The van der Waals surface area contributed by atoms with Crippen molar-refractivity contribution in [2.24, 2.45) is 0 Å². The van der Waals surface area contributed by atoms with Crippen LogP contribution in [0, 0.1) is 0 Å². The van der Waals surface area contributed by atoms with Crippen molar-refractivity contribution in [3.8, 4) is 0 Å². The maximum Gasteiger partial charge on any atom is 0.0442 e. The molecule has 3 nitrogen and oxygen atoms in total. The largest absolute Gasteiger partial charge is 0.371 e. The Bertz CT molecular complexity index is 286. The van der Waals surface area contributed by atoms with Crippen molar-refractivity contribution in [3.05, 3.63) is 24.0 Å². The molecule has 0 amide bonds. The van der Waals surface area contributed by atoms with Gasteiger partial charge in [-0.15, -0.1) is 0 Å². The molecule has 0 aromatic carbocycles. The zero-order valence-corrected chi connectivity index (χ0v) is 9.95. The lowest BCUT2D eigenvalue weighted by atomic mass is 10.2. The molecule has 1 aromatic heterocycles. The SMILES string of the molecule is CCCN(CC)c1ccncc1CNC. The average Bonchev–Trinajstić information content (AvgIpc) is 2.27. The minimum Gasteiger partial charge on any atom is -0.371 e. The van der Waals surface area contributed by atoms with Gasteiger partial charge in [0.25, 0.3) is 0 Å². The fourth-order valence-electron chi connectivity index (χ4n) is 1.77. The first-order valence-corrected chi connectivity index (χ1v) is 5.65. The third kappa shape index (κ3) is 3.20. The highest BCUT2D eigenvalue weighted by atomic mass is 15.1. The van der Waals surface area contributed by atoms with E-state index in [4.69, 9.17) is 0 Å². The number of anilines is 1. The monoisotopic (exact) mass is 207 g/mol. The van der Waals surface area contributed by atoms with Crippen LogP contribution in [-0.2, 0) is 6.54 Å². The molecule has 0 spiro atoms. The first-order chi connectivity index (χ1) is 7.33. The van der Waals surface area contributed by atoms with Crippen molar-refractivity contribution < 1.29 is 0 Å². The van der Waals surface area contributed by atoms with Gasteiger partial charge >= 0.3 is 0 Å². The zero-order valence-electron chi connectivity index (χ0n) is 9.95. The lowest BCUT2D eigenvalue weighted by molar-refractivity contribution is 0.763. The summed E-state index contributed by atoms with van der Waals surface area (Å²) in [6, 6.07) is 2.10. The van der Waals surface area contributed by atoms with Crippen LogP contribution in [-0.4, -0.2) is 25.1 Å². The predicted octanol–water partition coefficient (Wildman–Crippen LogP) is 2.04. The molecule has 84 valence electrons. The summed E-state index contributed by atoms with van der Waals surface area (Å²) in [5.41, 5.74) is 2.58. The number of nitrogens with zero attached hydrogens (tertiary/aromatic N) is 2. The standard InChI is InChI=1S/C12H21N3/c1-4-8-15(5-2)12-6-7-14-10-11(12)9-13-3/h6-7,10,13H,4-5,8-9H2,1-3H3. The number of rotatable bonds is 6. The molecule has 0 bridgehead atoms. The van der Waals surface area contributed by atoms with E-state index in [1.807, 2.05) is 19.4 Å². The Hall–Kier alpha value is -1.09. The van der Waals surface area contributed by atoms with E-state index in [9.17, 15) is 0 Å². The Kier molecular flexibility index (Phi) is 5.12. The van der Waals surface area contributed by atoms with Crippen LogP contribution in [0.5, 0.6) is 0 Å². The number of hydrogen-bond acceptors (Lipinski definition) is 3. The van der Waals surface area contributed by atoms with E-state index in [0.717, 1.165) is 19.6 Å². The van der Waals surface area contributed by atoms with Crippen molar-refractivity contribution >= 4 is 5.69 Å². The molecule has 0 saturated carbocycles. The maximum absolute atomic E-state index is 4.17. The molecule has 0 aliphatic heterocycles. The second-order valence-electron chi connectivity index (χ2n) is 3.61. The molecule has 0 atom stereocenters. The molecule has 0 aliphatic rings. The number of aromatic nitrogens is 1. The van der Waals surface area contributed by atoms with Gasteiger partial charge in [-0.3, -0.25) is 4.98 Å². The molecule has 0 aliphatic carbocycles. The molecule has 0 fully saturated rings. The lowest BCUT2D eigenvalue weighted by Gasteiger charge is -2.24. The summed E-state index contributed by atoms with van der Waals surface area (Å²) in [6.45, 7) is 7.44. The topological polar surface area (TPSA) is 28.2 Å². The van der Waals surface area contributed by atoms with Gasteiger partial charge in [0.05, 0.1) is 0 Å².